The number of rotatable bonds is 4. The molecule has 2 heterocycles. The molecule has 1 fully saturated rings. The predicted molar refractivity (Wildman–Crippen MR) is 80.7 cm³/mol. The number of para-hydroxylation sites is 1. The van der Waals surface area contributed by atoms with Crippen LogP contribution in [0.2, 0.25) is 0 Å². The lowest BCUT2D eigenvalue weighted by Crippen LogP contribution is -2.37. The van der Waals surface area contributed by atoms with Crippen molar-refractivity contribution in [3.63, 3.8) is 0 Å². The normalized spacial score (nSPS) is 18.9. The fourth-order valence-electron chi connectivity index (χ4n) is 2.79. The van der Waals surface area contributed by atoms with Gasteiger partial charge in [-0.15, -0.1) is 0 Å². The van der Waals surface area contributed by atoms with Crippen LogP contribution in [0.15, 0.2) is 36.4 Å². The van der Waals surface area contributed by atoms with Crippen LogP contribution < -0.4 is 10.2 Å². The molecule has 1 atom stereocenters. The van der Waals surface area contributed by atoms with E-state index in [1.807, 2.05) is 6.07 Å². The number of hydrogen-bond donors (Lipinski definition) is 1. The molecule has 3 nitrogen and oxygen atoms in total. The Morgan fingerprint density at radius 1 is 1.26 bits per heavy atom. The number of fused-ring (bicyclic) bond motifs is 1. The summed E-state index contributed by atoms with van der Waals surface area (Å²) >= 11 is 0. The third kappa shape index (κ3) is 2.71. The number of nitrogens with one attached hydrogen (secondary N) is 1. The SMILES string of the molecule is CCN(CC1CCCN1)c1ccc2ccccc2n1. The average molecular weight is 255 g/mol. The lowest BCUT2D eigenvalue weighted by Gasteiger charge is -2.25. The van der Waals surface area contributed by atoms with Gasteiger partial charge in [0, 0.05) is 24.5 Å². The largest absolute Gasteiger partial charge is 0.355 e. The fraction of sp³-hybridized carbons (Fsp3) is 0.438. The third-order valence-corrected chi connectivity index (χ3v) is 3.89. The van der Waals surface area contributed by atoms with Gasteiger partial charge in [-0.05, 0) is 44.5 Å². The standard InChI is InChI=1S/C16H21N3/c1-2-19(12-14-7-5-11-17-14)16-10-9-13-6-3-4-8-15(13)18-16/h3-4,6,8-10,14,17H,2,5,7,11-12H2,1H3. The van der Waals surface area contributed by atoms with Gasteiger partial charge >= 0.3 is 0 Å². The average Bonchev–Trinajstić information content (AvgIpc) is 2.97. The molecule has 3 heteroatoms. The van der Waals surface area contributed by atoms with E-state index in [2.05, 4.69) is 47.5 Å². The highest BCUT2D eigenvalue weighted by Crippen LogP contribution is 2.19. The van der Waals surface area contributed by atoms with Crippen LogP contribution in [0.4, 0.5) is 5.82 Å². The molecule has 100 valence electrons. The summed E-state index contributed by atoms with van der Waals surface area (Å²) in [5, 5.41) is 4.77. The van der Waals surface area contributed by atoms with Gasteiger partial charge in [0.2, 0.25) is 0 Å². The van der Waals surface area contributed by atoms with E-state index >= 15 is 0 Å². The summed E-state index contributed by atoms with van der Waals surface area (Å²) in [6.45, 7) is 5.42. The van der Waals surface area contributed by atoms with E-state index in [1.165, 1.54) is 18.2 Å². The Labute approximate surface area is 114 Å². The third-order valence-electron chi connectivity index (χ3n) is 3.89. The Balaban J connectivity index is 1.83. The number of aromatic nitrogens is 1. The molecule has 0 spiro atoms. The molecule has 2 aromatic rings. The zero-order valence-corrected chi connectivity index (χ0v) is 11.5. The molecule has 1 saturated heterocycles. The van der Waals surface area contributed by atoms with E-state index < -0.39 is 0 Å². The highest BCUT2D eigenvalue weighted by molar-refractivity contribution is 5.80. The summed E-state index contributed by atoms with van der Waals surface area (Å²) in [5.74, 6) is 1.09. The smallest absolute Gasteiger partial charge is 0.129 e. The van der Waals surface area contributed by atoms with Gasteiger partial charge in [0.25, 0.3) is 0 Å². The van der Waals surface area contributed by atoms with E-state index in [1.54, 1.807) is 0 Å². The van der Waals surface area contributed by atoms with Crippen molar-refractivity contribution in [3.05, 3.63) is 36.4 Å². The molecule has 0 saturated carbocycles. The van der Waals surface area contributed by atoms with E-state index in [4.69, 9.17) is 4.98 Å². The summed E-state index contributed by atoms with van der Waals surface area (Å²) in [7, 11) is 0. The highest BCUT2D eigenvalue weighted by Gasteiger charge is 2.18. The van der Waals surface area contributed by atoms with E-state index in [0.29, 0.717) is 6.04 Å². The molecule has 0 aliphatic carbocycles. The first kappa shape index (κ1) is 12.4. The molecule has 0 radical (unpaired) electrons. The molecule has 0 amide bonds. The fourth-order valence-corrected chi connectivity index (χ4v) is 2.79. The maximum absolute atomic E-state index is 4.79. The van der Waals surface area contributed by atoms with Gasteiger partial charge in [0.1, 0.15) is 5.82 Å². The number of pyridine rings is 1. The number of benzene rings is 1. The Kier molecular flexibility index (Phi) is 3.65. The van der Waals surface area contributed by atoms with Gasteiger partial charge in [0.15, 0.2) is 0 Å². The van der Waals surface area contributed by atoms with E-state index in [0.717, 1.165) is 31.0 Å². The maximum atomic E-state index is 4.79. The Hall–Kier alpha value is -1.61. The topological polar surface area (TPSA) is 28.2 Å². The number of hydrogen-bond acceptors (Lipinski definition) is 3. The minimum atomic E-state index is 0.619. The van der Waals surface area contributed by atoms with Crippen molar-refractivity contribution in [2.24, 2.45) is 0 Å². The van der Waals surface area contributed by atoms with Gasteiger partial charge in [-0.25, -0.2) is 4.98 Å². The molecule has 3 rings (SSSR count). The molecule has 1 aliphatic heterocycles. The lowest BCUT2D eigenvalue weighted by atomic mass is 10.2. The highest BCUT2D eigenvalue weighted by atomic mass is 15.2. The quantitative estimate of drug-likeness (QED) is 0.910. The molecule has 1 unspecified atom stereocenters. The molecule has 19 heavy (non-hydrogen) atoms. The van der Waals surface area contributed by atoms with E-state index in [9.17, 15) is 0 Å². The molecule has 1 aromatic carbocycles. The Bertz CT molecular complexity index is 546. The van der Waals surface area contributed by atoms with Crippen molar-refractivity contribution < 1.29 is 0 Å². The number of nitrogens with zero attached hydrogens (tertiary/aromatic N) is 2. The number of likely N-dealkylation sites (N-methyl/N-ethyl adjacent to an activating group) is 1. The van der Waals surface area contributed by atoms with Gasteiger partial charge in [-0.3, -0.25) is 0 Å². The monoisotopic (exact) mass is 255 g/mol. The molecular formula is C16H21N3. The van der Waals surface area contributed by atoms with Crippen LogP contribution in [0.1, 0.15) is 19.8 Å². The minimum Gasteiger partial charge on any atom is -0.355 e. The summed E-state index contributed by atoms with van der Waals surface area (Å²) in [6, 6.07) is 13.2. The van der Waals surface area contributed by atoms with Crippen LogP contribution in [0.5, 0.6) is 0 Å². The second-order valence-corrected chi connectivity index (χ2v) is 5.19. The summed E-state index contributed by atoms with van der Waals surface area (Å²) in [4.78, 5) is 7.16. The Morgan fingerprint density at radius 3 is 2.95 bits per heavy atom. The molecule has 1 aromatic heterocycles. The van der Waals surface area contributed by atoms with Gasteiger partial charge in [0.05, 0.1) is 5.52 Å². The molecule has 1 aliphatic rings. The van der Waals surface area contributed by atoms with Crippen LogP contribution in [0.25, 0.3) is 10.9 Å². The van der Waals surface area contributed by atoms with Gasteiger partial charge < -0.3 is 10.2 Å². The van der Waals surface area contributed by atoms with Gasteiger partial charge in [-0.1, -0.05) is 18.2 Å². The lowest BCUT2D eigenvalue weighted by molar-refractivity contribution is 0.584. The zero-order valence-electron chi connectivity index (χ0n) is 11.5. The van der Waals surface area contributed by atoms with Crippen molar-refractivity contribution in [2.75, 3.05) is 24.5 Å². The minimum absolute atomic E-state index is 0.619. The van der Waals surface area contributed by atoms with Crippen LogP contribution in [-0.4, -0.2) is 30.7 Å². The van der Waals surface area contributed by atoms with Crippen molar-refractivity contribution in [3.8, 4) is 0 Å². The second kappa shape index (κ2) is 5.57. The molecule has 1 N–H and O–H groups in total. The van der Waals surface area contributed by atoms with Crippen molar-refractivity contribution in [2.45, 2.75) is 25.8 Å². The van der Waals surface area contributed by atoms with Crippen LogP contribution >= 0.6 is 0 Å². The summed E-state index contributed by atoms with van der Waals surface area (Å²) in [5.41, 5.74) is 1.08. The number of anilines is 1. The second-order valence-electron chi connectivity index (χ2n) is 5.19. The predicted octanol–water partition coefficient (Wildman–Crippen LogP) is 2.81. The van der Waals surface area contributed by atoms with Crippen molar-refractivity contribution >= 4 is 16.7 Å². The first-order valence-corrected chi connectivity index (χ1v) is 7.21. The Morgan fingerprint density at radius 2 is 2.16 bits per heavy atom. The van der Waals surface area contributed by atoms with Gasteiger partial charge in [-0.2, -0.15) is 0 Å². The summed E-state index contributed by atoms with van der Waals surface area (Å²) in [6.07, 6.45) is 2.58. The molecule has 0 bridgehead atoms. The van der Waals surface area contributed by atoms with Crippen molar-refractivity contribution in [1.29, 1.82) is 0 Å². The van der Waals surface area contributed by atoms with Crippen LogP contribution in [-0.2, 0) is 0 Å². The maximum Gasteiger partial charge on any atom is 0.129 e. The first-order chi connectivity index (χ1) is 9.36. The first-order valence-electron chi connectivity index (χ1n) is 7.21. The summed E-state index contributed by atoms with van der Waals surface area (Å²) < 4.78 is 0. The van der Waals surface area contributed by atoms with Crippen molar-refractivity contribution in [1.82, 2.24) is 10.3 Å². The van der Waals surface area contributed by atoms with E-state index in [-0.39, 0.29) is 0 Å². The van der Waals surface area contributed by atoms with Crippen LogP contribution in [0, 0.1) is 0 Å². The van der Waals surface area contributed by atoms with Crippen LogP contribution in [0.3, 0.4) is 0 Å². The molecular weight excluding hydrogens is 234 g/mol. The zero-order chi connectivity index (χ0) is 13.1.